The van der Waals surface area contributed by atoms with Crippen LogP contribution in [0.5, 0.6) is 0 Å². The molecule has 7 heteroatoms. The molecule has 1 saturated heterocycles. The number of carbonyl (C=O) groups excluding carboxylic acids is 2. The van der Waals surface area contributed by atoms with E-state index in [1.165, 1.54) is 18.4 Å². The number of aromatic nitrogens is 1. The maximum Gasteiger partial charge on any atom is 0.340 e. The Labute approximate surface area is 138 Å². The van der Waals surface area contributed by atoms with Crippen molar-refractivity contribution in [1.29, 1.82) is 0 Å². The SMILES string of the molecule is COC(=O)c1ccsc1N1CCC(Nc2ccnc(C)c2)C1=O. The van der Waals surface area contributed by atoms with Crippen LogP contribution in [-0.4, -0.2) is 36.6 Å². The van der Waals surface area contributed by atoms with E-state index in [0.717, 1.165) is 11.4 Å². The highest BCUT2D eigenvalue weighted by molar-refractivity contribution is 7.14. The minimum Gasteiger partial charge on any atom is -0.465 e. The molecule has 0 aromatic carbocycles. The molecule has 1 unspecified atom stereocenters. The van der Waals surface area contributed by atoms with Gasteiger partial charge < -0.3 is 15.0 Å². The number of nitrogens with zero attached hydrogens (tertiary/aromatic N) is 2. The van der Waals surface area contributed by atoms with E-state index in [1.54, 1.807) is 22.5 Å². The Kier molecular flexibility index (Phi) is 4.29. The Bertz CT molecular complexity index is 744. The second-order valence-corrected chi connectivity index (χ2v) is 6.19. The van der Waals surface area contributed by atoms with Crippen molar-refractivity contribution < 1.29 is 14.3 Å². The van der Waals surface area contributed by atoms with E-state index in [4.69, 9.17) is 4.74 Å². The number of rotatable bonds is 4. The molecule has 0 radical (unpaired) electrons. The van der Waals surface area contributed by atoms with Crippen LogP contribution in [0.1, 0.15) is 22.5 Å². The number of pyridine rings is 1. The first-order chi connectivity index (χ1) is 11.1. The molecule has 1 aliphatic heterocycles. The van der Waals surface area contributed by atoms with Gasteiger partial charge in [0.15, 0.2) is 0 Å². The maximum atomic E-state index is 12.7. The summed E-state index contributed by atoms with van der Waals surface area (Å²) in [5.74, 6) is -0.456. The predicted octanol–water partition coefficient (Wildman–Crippen LogP) is 2.46. The number of thiophene rings is 1. The predicted molar refractivity (Wildman–Crippen MR) is 89.0 cm³/mol. The van der Waals surface area contributed by atoms with Crippen molar-refractivity contribution in [3.05, 3.63) is 41.0 Å². The molecule has 6 nitrogen and oxygen atoms in total. The number of amides is 1. The van der Waals surface area contributed by atoms with Crippen LogP contribution in [0.4, 0.5) is 10.7 Å². The van der Waals surface area contributed by atoms with Crippen molar-refractivity contribution in [2.75, 3.05) is 23.9 Å². The molecule has 0 aliphatic carbocycles. The van der Waals surface area contributed by atoms with E-state index in [9.17, 15) is 9.59 Å². The van der Waals surface area contributed by atoms with E-state index >= 15 is 0 Å². The molecule has 23 heavy (non-hydrogen) atoms. The van der Waals surface area contributed by atoms with E-state index in [-0.39, 0.29) is 11.9 Å². The number of methoxy groups -OCH3 is 1. The number of esters is 1. The fourth-order valence-corrected chi connectivity index (χ4v) is 3.55. The highest BCUT2D eigenvalue weighted by Gasteiger charge is 2.35. The van der Waals surface area contributed by atoms with Crippen molar-refractivity contribution in [1.82, 2.24) is 4.98 Å². The fraction of sp³-hybridized carbons (Fsp3) is 0.312. The highest BCUT2D eigenvalue weighted by Crippen LogP contribution is 2.32. The van der Waals surface area contributed by atoms with Gasteiger partial charge in [0.25, 0.3) is 0 Å². The van der Waals surface area contributed by atoms with Crippen LogP contribution in [0.25, 0.3) is 0 Å². The summed E-state index contributed by atoms with van der Waals surface area (Å²) in [5, 5.41) is 5.69. The Morgan fingerprint density at radius 3 is 3.04 bits per heavy atom. The third-order valence-electron chi connectivity index (χ3n) is 3.74. The summed E-state index contributed by atoms with van der Waals surface area (Å²) in [6.07, 6.45) is 2.39. The summed E-state index contributed by atoms with van der Waals surface area (Å²) in [6.45, 7) is 2.48. The van der Waals surface area contributed by atoms with Crippen molar-refractivity contribution >= 4 is 33.9 Å². The van der Waals surface area contributed by atoms with Gasteiger partial charge in [-0.25, -0.2) is 4.79 Å². The van der Waals surface area contributed by atoms with Gasteiger partial charge in [-0.2, -0.15) is 0 Å². The number of aryl methyl sites for hydroxylation is 1. The van der Waals surface area contributed by atoms with Crippen LogP contribution in [0, 0.1) is 6.92 Å². The molecule has 1 amide bonds. The largest absolute Gasteiger partial charge is 0.465 e. The van der Waals surface area contributed by atoms with E-state index in [1.807, 2.05) is 19.1 Å². The molecule has 2 aromatic rings. The van der Waals surface area contributed by atoms with E-state index in [0.29, 0.717) is 23.5 Å². The second-order valence-electron chi connectivity index (χ2n) is 5.29. The van der Waals surface area contributed by atoms with Gasteiger partial charge >= 0.3 is 5.97 Å². The molecule has 1 N–H and O–H groups in total. The lowest BCUT2D eigenvalue weighted by atomic mass is 10.2. The lowest BCUT2D eigenvalue weighted by molar-refractivity contribution is -0.117. The first kappa shape index (κ1) is 15.5. The molecule has 3 heterocycles. The Hall–Kier alpha value is -2.41. The average Bonchev–Trinajstić information content (AvgIpc) is 3.14. The Balaban J connectivity index is 1.77. The molecular weight excluding hydrogens is 314 g/mol. The standard InChI is InChI=1S/C16H17N3O3S/c1-10-9-11(3-6-17-10)18-13-4-7-19(14(13)20)15-12(5-8-23-15)16(21)22-2/h3,5-6,8-9,13H,4,7H2,1-2H3,(H,17,18). The first-order valence-corrected chi connectivity index (χ1v) is 8.14. The Morgan fingerprint density at radius 1 is 1.48 bits per heavy atom. The van der Waals surface area contributed by atoms with Crippen LogP contribution >= 0.6 is 11.3 Å². The van der Waals surface area contributed by atoms with E-state index < -0.39 is 5.97 Å². The van der Waals surface area contributed by atoms with E-state index in [2.05, 4.69) is 10.3 Å². The molecular formula is C16H17N3O3S. The molecule has 1 aliphatic rings. The number of anilines is 2. The van der Waals surface area contributed by atoms with Gasteiger partial charge in [0.1, 0.15) is 11.0 Å². The highest BCUT2D eigenvalue weighted by atomic mass is 32.1. The van der Waals surface area contributed by atoms with Gasteiger partial charge in [-0.15, -0.1) is 11.3 Å². The molecule has 0 spiro atoms. The second kappa shape index (κ2) is 6.37. The van der Waals surface area contributed by atoms with Crippen LogP contribution in [0.3, 0.4) is 0 Å². The minimum absolute atomic E-state index is 0.0351. The smallest absolute Gasteiger partial charge is 0.340 e. The topological polar surface area (TPSA) is 71.5 Å². The quantitative estimate of drug-likeness (QED) is 0.872. The summed E-state index contributed by atoms with van der Waals surface area (Å²) < 4.78 is 4.77. The molecule has 120 valence electrons. The average molecular weight is 331 g/mol. The molecule has 2 aromatic heterocycles. The lowest BCUT2D eigenvalue weighted by Gasteiger charge is -2.17. The zero-order valence-electron chi connectivity index (χ0n) is 12.9. The molecule has 0 bridgehead atoms. The van der Waals surface area contributed by atoms with Crippen LogP contribution in [0.15, 0.2) is 29.8 Å². The van der Waals surface area contributed by atoms with Gasteiger partial charge in [0, 0.05) is 24.1 Å². The lowest BCUT2D eigenvalue weighted by Crippen LogP contribution is -2.33. The molecule has 1 fully saturated rings. The fourth-order valence-electron chi connectivity index (χ4n) is 2.63. The zero-order valence-corrected chi connectivity index (χ0v) is 13.7. The molecule has 0 saturated carbocycles. The van der Waals surface area contributed by atoms with Gasteiger partial charge in [-0.3, -0.25) is 9.78 Å². The first-order valence-electron chi connectivity index (χ1n) is 7.26. The summed E-state index contributed by atoms with van der Waals surface area (Å²) in [4.78, 5) is 30.3. The van der Waals surface area contributed by atoms with Gasteiger partial charge in [0.2, 0.25) is 5.91 Å². The number of hydrogen-bond donors (Lipinski definition) is 1. The monoisotopic (exact) mass is 331 g/mol. The van der Waals surface area contributed by atoms with Gasteiger partial charge in [-0.1, -0.05) is 0 Å². The summed E-state index contributed by atoms with van der Waals surface area (Å²) in [6, 6.07) is 5.13. The molecule has 3 rings (SSSR count). The van der Waals surface area contributed by atoms with Crippen LogP contribution in [0.2, 0.25) is 0 Å². The Morgan fingerprint density at radius 2 is 2.30 bits per heavy atom. The summed E-state index contributed by atoms with van der Waals surface area (Å²) in [5.41, 5.74) is 2.20. The van der Waals surface area contributed by atoms with Crippen LogP contribution < -0.4 is 10.2 Å². The number of ether oxygens (including phenoxy) is 1. The third-order valence-corrected chi connectivity index (χ3v) is 4.67. The maximum absolute atomic E-state index is 12.7. The van der Waals surface area contributed by atoms with Gasteiger partial charge in [-0.05, 0) is 36.9 Å². The number of carbonyl (C=O) groups is 2. The minimum atomic E-state index is -0.421. The van der Waals surface area contributed by atoms with Crippen molar-refractivity contribution in [3.63, 3.8) is 0 Å². The third kappa shape index (κ3) is 3.05. The summed E-state index contributed by atoms with van der Waals surface area (Å²) in [7, 11) is 1.34. The van der Waals surface area contributed by atoms with Crippen LogP contribution in [-0.2, 0) is 9.53 Å². The zero-order chi connectivity index (χ0) is 16.4. The van der Waals surface area contributed by atoms with Crippen molar-refractivity contribution in [3.8, 4) is 0 Å². The van der Waals surface area contributed by atoms with Crippen molar-refractivity contribution in [2.24, 2.45) is 0 Å². The summed E-state index contributed by atoms with van der Waals surface area (Å²) >= 11 is 1.37. The number of hydrogen-bond acceptors (Lipinski definition) is 6. The van der Waals surface area contributed by atoms with Crippen molar-refractivity contribution in [2.45, 2.75) is 19.4 Å². The number of nitrogens with one attached hydrogen (secondary N) is 1. The molecule has 1 atom stereocenters. The van der Waals surface area contributed by atoms with Gasteiger partial charge in [0.05, 0.1) is 12.7 Å². The normalized spacial score (nSPS) is 17.4.